The SMILES string of the molecule is COc1ccc([C@H](/C=C\OC(C)=O)[C@@H](O)c2ccccc2)cc1. The highest BCUT2D eigenvalue weighted by Gasteiger charge is 2.20. The lowest BCUT2D eigenvalue weighted by atomic mass is 9.89. The summed E-state index contributed by atoms with van der Waals surface area (Å²) in [7, 11) is 1.60. The smallest absolute Gasteiger partial charge is 0.307 e. The Morgan fingerprint density at radius 3 is 2.26 bits per heavy atom. The summed E-state index contributed by atoms with van der Waals surface area (Å²) in [4.78, 5) is 10.9. The van der Waals surface area contributed by atoms with Crippen molar-refractivity contribution in [2.24, 2.45) is 0 Å². The number of aliphatic hydroxyl groups is 1. The van der Waals surface area contributed by atoms with Gasteiger partial charge < -0.3 is 14.6 Å². The number of ether oxygens (including phenoxy) is 2. The lowest BCUT2D eigenvalue weighted by Crippen LogP contribution is -2.09. The van der Waals surface area contributed by atoms with Crippen LogP contribution < -0.4 is 4.74 Å². The molecule has 4 nitrogen and oxygen atoms in total. The largest absolute Gasteiger partial charge is 0.497 e. The summed E-state index contributed by atoms with van der Waals surface area (Å²) < 4.78 is 10.0. The Kier molecular flexibility index (Phi) is 5.94. The van der Waals surface area contributed by atoms with Crippen LogP contribution in [0.1, 0.15) is 30.1 Å². The maximum Gasteiger partial charge on any atom is 0.307 e. The van der Waals surface area contributed by atoms with Gasteiger partial charge in [-0.1, -0.05) is 42.5 Å². The first-order valence-electron chi connectivity index (χ1n) is 7.32. The highest BCUT2D eigenvalue weighted by atomic mass is 16.5. The van der Waals surface area contributed by atoms with E-state index in [2.05, 4.69) is 0 Å². The number of rotatable bonds is 6. The van der Waals surface area contributed by atoms with Gasteiger partial charge in [-0.15, -0.1) is 0 Å². The zero-order valence-electron chi connectivity index (χ0n) is 13.2. The number of esters is 1. The first-order valence-corrected chi connectivity index (χ1v) is 7.32. The van der Waals surface area contributed by atoms with Crippen molar-refractivity contribution in [3.63, 3.8) is 0 Å². The van der Waals surface area contributed by atoms with Crippen molar-refractivity contribution in [1.29, 1.82) is 0 Å². The first-order chi connectivity index (χ1) is 11.1. The average molecular weight is 312 g/mol. The van der Waals surface area contributed by atoms with Gasteiger partial charge in [0.05, 0.1) is 19.5 Å². The second-order valence-corrected chi connectivity index (χ2v) is 5.09. The van der Waals surface area contributed by atoms with E-state index in [0.717, 1.165) is 16.9 Å². The molecule has 0 heterocycles. The Hall–Kier alpha value is -2.59. The molecule has 0 amide bonds. The number of carbonyl (C=O) groups is 1. The molecule has 23 heavy (non-hydrogen) atoms. The zero-order chi connectivity index (χ0) is 16.7. The number of hydrogen-bond donors (Lipinski definition) is 1. The Bertz CT molecular complexity index is 647. The summed E-state index contributed by atoms with van der Waals surface area (Å²) in [5.41, 5.74) is 1.69. The monoisotopic (exact) mass is 312 g/mol. The van der Waals surface area contributed by atoms with E-state index in [4.69, 9.17) is 9.47 Å². The molecule has 0 aliphatic heterocycles. The number of methoxy groups -OCH3 is 1. The standard InChI is InChI=1S/C19H20O4/c1-14(20)23-13-12-18(15-8-10-17(22-2)11-9-15)19(21)16-6-4-3-5-7-16/h3-13,18-19,21H,1-2H3/b13-12-/t18-,19-/m0/s1. The van der Waals surface area contributed by atoms with Crippen molar-refractivity contribution < 1.29 is 19.4 Å². The molecule has 1 N–H and O–H groups in total. The molecule has 0 radical (unpaired) electrons. The van der Waals surface area contributed by atoms with Crippen LogP contribution in [-0.4, -0.2) is 18.2 Å². The Morgan fingerprint density at radius 1 is 1.04 bits per heavy atom. The van der Waals surface area contributed by atoms with Crippen LogP contribution >= 0.6 is 0 Å². The summed E-state index contributed by atoms with van der Waals surface area (Å²) in [6.07, 6.45) is 2.25. The van der Waals surface area contributed by atoms with Gasteiger partial charge in [0.2, 0.25) is 0 Å². The normalized spacial score (nSPS) is 13.5. The van der Waals surface area contributed by atoms with E-state index in [1.807, 2.05) is 54.6 Å². The fourth-order valence-corrected chi connectivity index (χ4v) is 2.30. The lowest BCUT2D eigenvalue weighted by molar-refractivity contribution is -0.135. The molecule has 0 saturated heterocycles. The van der Waals surface area contributed by atoms with Crippen molar-refractivity contribution in [2.45, 2.75) is 18.9 Å². The number of aliphatic hydroxyl groups excluding tert-OH is 1. The van der Waals surface area contributed by atoms with Crippen molar-refractivity contribution in [1.82, 2.24) is 0 Å². The fraction of sp³-hybridized carbons (Fsp3) is 0.211. The molecule has 2 rings (SSSR count). The van der Waals surface area contributed by atoms with E-state index in [9.17, 15) is 9.90 Å². The summed E-state index contributed by atoms with van der Waals surface area (Å²) >= 11 is 0. The highest BCUT2D eigenvalue weighted by molar-refractivity contribution is 5.66. The quantitative estimate of drug-likeness (QED) is 0.654. The van der Waals surface area contributed by atoms with Crippen LogP contribution in [0.2, 0.25) is 0 Å². The van der Waals surface area contributed by atoms with E-state index in [1.54, 1.807) is 13.2 Å². The summed E-state index contributed by atoms with van der Waals surface area (Å²) in [5, 5.41) is 10.7. The Morgan fingerprint density at radius 2 is 1.70 bits per heavy atom. The van der Waals surface area contributed by atoms with Gasteiger partial charge in [-0.2, -0.15) is 0 Å². The van der Waals surface area contributed by atoms with Crippen molar-refractivity contribution in [3.05, 3.63) is 78.1 Å². The maximum atomic E-state index is 10.9. The minimum Gasteiger partial charge on any atom is -0.497 e. The van der Waals surface area contributed by atoms with Crippen LogP contribution in [0, 0.1) is 0 Å². The van der Waals surface area contributed by atoms with Crippen LogP contribution in [-0.2, 0) is 9.53 Å². The maximum absolute atomic E-state index is 10.9. The molecule has 0 fully saturated rings. The van der Waals surface area contributed by atoms with Crippen LogP contribution in [0.4, 0.5) is 0 Å². The third-order valence-electron chi connectivity index (χ3n) is 3.50. The third kappa shape index (κ3) is 4.69. The molecule has 0 saturated carbocycles. The van der Waals surface area contributed by atoms with Crippen LogP contribution in [0.15, 0.2) is 66.9 Å². The van der Waals surface area contributed by atoms with Crippen LogP contribution in [0.3, 0.4) is 0 Å². The molecule has 0 aromatic heterocycles. The van der Waals surface area contributed by atoms with Gasteiger partial charge in [-0.05, 0) is 29.3 Å². The molecule has 120 valence electrons. The molecule has 2 atom stereocenters. The van der Waals surface area contributed by atoms with E-state index in [0.29, 0.717) is 0 Å². The molecule has 0 bridgehead atoms. The summed E-state index contributed by atoms with van der Waals surface area (Å²) in [6, 6.07) is 16.8. The fourth-order valence-electron chi connectivity index (χ4n) is 2.30. The number of carbonyl (C=O) groups excluding carboxylic acids is 1. The van der Waals surface area contributed by atoms with Gasteiger partial charge in [0.15, 0.2) is 0 Å². The van der Waals surface area contributed by atoms with E-state index < -0.39 is 12.1 Å². The first kappa shape index (κ1) is 16.8. The lowest BCUT2D eigenvalue weighted by Gasteiger charge is -2.21. The molecule has 4 heteroatoms. The predicted molar refractivity (Wildman–Crippen MR) is 88.0 cm³/mol. The number of hydrogen-bond acceptors (Lipinski definition) is 4. The average Bonchev–Trinajstić information content (AvgIpc) is 2.59. The third-order valence-corrected chi connectivity index (χ3v) is 3.50. The van der Waals surface area contributed by atoms with Gasteiger partial charge in [0, 0.05) is 12.8 Å². The van der Waals surface area contributed by atoms with Crippen LogP contribution in [0.5, 0.6) is 5.75 Å². The second kappa shape index (κ2) is 8.15. The van der Waals surface area contributed by atoms with Gasteiger partial charge in [0.25, 0.3) is 0 Å². The second-order valence-electron chi connectivity index (χ2n) is 5.09. The van der Waals surface area contributed by atoms with Gasteiger partial charge in [0.1, 0.15) is 5.75 Å². The van der Waals surface area contributed by atoms with Gasteiger partial charge >= 0.3 is 5.97 Å². The molecular formula is C19H20O4. The van der Waals surface area contributed by atoms with Crippen molar-refractivity contribution in [2.75, 3.05) is 7.11 Å². The van der Waals surface area contributed by atoms with Crippen LogP contribution in [0.25, 0.3) is 0 Å². The molecule has 2 aromatic carbocycles. The topological polar surface area (TPSA) is 55.8 Å². The van der Waals surface area contributed by atoms with Gasteiger partial charge in [-0.3, -0.25) is 4.79 Å². The highest BCUT2D eigenvalue weighted by Crippen LogP contribution is 2.33. The minimum absolute atomic E-state index is 0.345. The number of benzene rings is 2. The molecule has 0 unspecified atom stereocenters. The minimum atomic E-state index is -0.753. The Labute approximate surface area is 136 Å². The van der Waals surface area contributed by atoms with E-state index in [-0.39, 0.29) is 5.92 Å². The summed E-state index contributed by atoms with van der Waals surface area (Å²) in [6.45, 7) is 1.33. The molecule has 0 spiro atoms. The zero-order valence-corrected chi connectivity index (χ0v) is 13.2. The molecule has 2 aromatic rings. The predicted octanol–water partition coefficient (Wildman–Crippen LogP) is 3.59. The molecular weight excluding hydrogens is 292 g/mol. The van der Waals surface area contributed by atoms with E-state index in [1.165, 1.54) is 13.2 Å². The van der Waals surface area contributed by atoms with Gasteiger partial charge in [-0.25, -0.2) is 0 Å². The van der Waals surface area contributed by atoms with Crippen molar-refractivity contribution >= 4 is 5.97 Å². The van der Waals surface area contributed by atoms with Crippen molar-refractivity contribution in [3.8, 4) is 5.75 Å². The summed E-state index contributed by atoms with van der Waals surface area (Å²) in [5.74, 6) is -0.00254. The van der Waals surface area contributed by atoms with E-state index >= 15 is 0 Å². The molecule has 0 aliphatic rings. The molecule has 0 aliphatic carbocycles. The Balaban J connectivity index is 2.30.